The lowest BCUT2D eigenvalue weighted by atomic mass is 10.2. The Balaban J connectivity index is 3.61. The Labute approximate surface area is 97.9 Å². The van der Waals surface area contributed by atoms with E-state index in [0.717, 1.165) is 19.4 Å². The van der Waals surface area contributed by atoms with E-state index < -0.39 is 0 Å². The van der Waals surface area contributed by atoms with Crippen LogP contribution in [0.4, 0.5) is 0 Å². The standard InChI is InChI=1S/C11H24N4O/c1-4-7-13-11(12)14-8-6-10(16)15-9(3)5-2/h9H,4-8H2,1-3H3,(H,15,16)(H3,12,13,14). The van der Waals surface area contributed by atoms with E-state index in [0.29, 0.717) is 18.9 Å². The number of rotatable bonds is 7. The largest absolute Gasteiger partial charge is 0.370 e. The first-order chi connectivity index (χ1) is 7.60. The lowest BCUT2D eigenvalue weighted by molar-refractivity contribution is -0.121. The molecule has 5 nitrogen and oxygen atoms in total. The second-order valence-electron chi connectivity index (χ2n) is 3.82. The van der Waals surface area contributed by atoms with Gasteiger partial charge in [0, 0.05) is 25.6 Å². The number of hydrogen-bond acceptors (Lipinski definition) is 2. The van der Waals surface area contributed by atoms with Gasteiger partial charge >= 0.3 is 0 Å². The van der Waals surface area contributed by atoms with Gasteiger partial charge in [0.15, 0.2) is 5.96 Å². The van der Waals surface area contributed by atoms with Gasteiger partial charge in [0.1, 0.15) is 0 Å². The third-order valence-electron chi connectivity index (χ3n) is 2.18. The van der Waals surface area contributed by atoms with Crippen molar-refractivity contribution in [2.24, 2.45) is 10.7 Å². The number of carbonyl (C=O) groups excluding carboxylic acids is 1. The molecular formula is C11H24N4O. The highest BCUT2D eigenvalue weighted by Gasteiger charge is 2.04. The van der Waals surface area contributed by atoms with E-state index in [1.807, 2.05) is 20.8 Å². The Bertz CT molecular complexity index is 228. The molecular weight excluding hydrogens is 204 g/mol. The van der Waals surface area contributed by atoms with Gasteiger partial charge in [-0.05, 0) is 19.8 Å². The Morgan fingerprint density at radius 2 is 2.12 bits per heavy atom. The van der Waals surface area contributed by atoms with E-state index in [9.17, 15) is 4.79 Å². The minimum absolute atomic E-state index is 0.0464. The van der Waals surface area contributed by atoms with Crippen LogP contribution in [-0.2, 0) is 4.79 Å². The molecule has 0 aliphatic heterocycles. The number of nitrogens with zero attached hydrogens (tertiary/aromatic N) is 1. The predicted molar refractivity (Wildman–Crippen MR) is 67.3 cm³/mol. The molecule has 0 aliphatic rings. The maximum Gasteiger partial charge on any atom is 0.221 e. The zero-order valence-corrected chi connectivity index (χ0v) is 10.5. The number of guanidine groups is 1. The summed E-state index contributed by atoms with van der Waals surface area (Å²) in [5.74, 6) is 0.461. The highest BCUT2D eigenvalue weighted by molar-refractivity contribution is 5.80. The molecule has 4 N–H and O–H groups in total. The summed E-state index contributed by atoms with van der Waals surface area (Å²) < 4.78 is 0. The van der Waals surface area contributed by atoms with Gasteiger partial charge in [-0.3, -0.25) is 9.79 Å². The Morgan fingerprint density at radius 1 is 1.44 bits per heavy atom. The van der Waals surface area contributed by atoms with Gasteiger partial charge < -0.3 is 16.4 Å². The molecule has 0 rings (SSSR count). The molecule has 0 fully saturated rings. The van der Waals surface area contributed by atoms with Crippen molar-refractivity contribution in [3.05, 3.63) is 0 Å². The van der Waals surface area contributed by atoms with E-state index in [1.165, 1.54) is 0 Å². The number of nitrogens with one attached hydrogen (secondary N) is 2. The highest BCUT2D eigenvalue weighted by atomic mass is 16.1. The fraction of sp³-hybridized carbons (Fsp3) is 0.818. The molecule has 1 atom stereocenters. The first-order valence-electron chi connectivity index (χ1n) is 5.93. The van der Waals surface area contributed by atoms with E-state index in [2.05, 4.69) is 15.6 Å². The van der Waals surface area contributed by atoms with Gasteiger partial charge in [-0.2, -0.15) is 0 Å². The van der Waals surface area contributed by atoms with Crippen LogP contribution in [0.25, 0.3) is 0 Å². The molecule has 0 radical (unpaired) electrons. The molecule has 0 aromatic heterocycles. The maximum atomic E-state index is 11.4. The summed E-state index contributed by atoms with van der Waals surface area (Å²) in [4.78, 5) is 15.4. The number of hydrogen-bond donors (Lipinski definition) is 3. The second kappa shape index (κ2) is 9.00. The van der Waals surface area contributed by atoms with Gasteiger partial charge in [-0.15, -0.1) is 0 Å². The van der Waals surface area contributed by atoms with Crippen LogP contribution < -0.4 is 16.4 Å². The number of amides is 1. The summed E-state index contributed by atoms with van der Waals surface area (Å²) in [5.41, 5.74) is 5.58. The fourth-order valence-corrected chi connectivity index (χ4v) is 1.04. The summed E-state index contributed by atoms with van der Waals surface area (Å²) in [6, 6.07) is 0.235. The Morgan fingerprint density at radius 3 is 2.69 bits per heavy atom. The van der Waals surface area contributed by atoms with Crippen molar-refractivity contribution in [2.75, 3.05) is 13.1 Å². The monoisotopic (exact) mass is 228 g/mol. The van der Waals surface area contributed by atoms with Crippen molar-refractivity contribution in [3.63, 3.8) is 0 Å². The smallest absolute Gasteiger partial charge is 0.221 e. The molecule has 16 heavy (non-hydrogen) atoms. The molecule has 1 unspecified atom stereocenters. The van der Waals surface area contributed by atoms with E-state index >= 15 is 0 Å². The predicted octanol–water partition coefficient (Wildman–Crippen LogP) is 0.606. The zero-order valence-electron chi connectivity index (χ0n) is 10.5. The zero-order chi connectivity index (χ0) is 12.4. The van der Waals surface area contributed by atoms with Crippen molar-refractivity contribution in [1.29, 1.82) is 0 Å². The summed E-state index contributed by atoms with van der Waals surface area (Å²) in [7, 11) is 0. The number of carbonyl (C=O) groups is 1. The average molecular weight is 228 g/mol. The van der Waals surface area contributed by atoms with Crippen molar-refractivity contribution < 1.29 is 4.79 Å². The molecule has 0 aromatic carbocycles. The van der Waals surface area contributed by atoms with Crippen LogP contribution in [-0.4, -0.2) is 31.0 Å². The van der Waals surface area contributed by atoms with Crippen LogP contribution in [0.2, 0.25) is 0 Å². The molecule has 94 valence electrons. The molecule has 0 saturated carbocycles. The van der Waals surface area contributed by atoms with Gasteiger partial charge in [-0.25, -0.2) is 0 Å². The number of nitrogens with two attached hydrogens (primary N) is 1. The molecule has 0 saturated heterocycles. The van der Waals surface area contributed by atoms with Gasteiger partial charge in [0.05, 0.1) is 0 Å². The highest BCUT2D eigenvalue weighted by Crippen LogP contribution is 1.88. The lowest BCUT2D eigenvalue weighted by Crippen LogP contribution is -2.37. The summed E-state index contributed by atoms with van der Waals surface area (Å²) >= 11 is 0. The number of aliphatic imine (C=N–C) groups is 1. The molecule has 0 bridgehead atoms. The molecule has 5 heteroatoms. The minimum Gasteiger partial charge on any atom is -0.370 e. The van der Waals surface area contributed by atoms with Gasteiger partial charge in [0.2, 0.25) is 5.91 Å². The normalized spacial score (nSPS) is 13.3. The molecule has 0 aromatic rings. The van der Waals surface area contributed by atoms with Crippen molar-refractivity contribution >= 4 is 11.9 Å². The minimum atomic E-state index is 0.0464. The van der Waals surface area contributed by atoms with Crippen LogP contribution in [0.15, 0.2) is 4.99 Å². The quantitative estimate of drug-likeness (QED) is 0.441. The Hall–Kier alpha value is -1.26. The van der Waals surface area contributed by atoms with Crippen LogP contribution in [0.1, 0.15) is 40.0 Å². The van der Waals surface area contributed by atoms with Crippen LogP contribution >= 0.6 is 0 Å². The first kappa shape index (κ1) is 14.7. The van der Waals surface area contributed by atoms with E-state index in [-0.39, 0.29) is 11.9 Å². The van der Waals surface area contributed by atoms with E-state index in [1.54, 1.807) is 0 Å². The van der Waals surface area contributed by atoms with E-state index in [4.69, 9.17) is 5.73 Å². The van der Waals surface area contributed by atoms with Crippen LogP contribution in [0, 0.1) is 0 Å². The third-order valence-corrected chi connectivity index (χ3v) is 2.18. The second-order valence-corrected chi connectivity index (χ2v) is 3.82. The van der Waals surface area contributed by atoms with Crippen molar-refractivity contribution in [1.82, 2.24) is 10.6 Å². The van der Waals surface area contributed by atoms with Gasteiger partial charge in [-0.1, -0.05) is 13.8 Å². The molecule has 0 aliphatic carbocycles. The third kappa shape index (κ3) is 8.08. The fourth-order valence-electron chi connectivity index (χ4n) is 1.04. The molecule has 1 amide bonds. The molecule has 0 heterocycles. The summed E-state index contributed by atoms with van der Waals surface area (Å²) in [6.07, 6.45) is 2.34. The van der Waals surface area contributed by atoms with Crippen molar-refractivity contribution in [3.8, 4) is 0 Å². The first-order valence-corrected chi connectivity index (χ1v) is 5.93. The summed E-state index contributed by atoms with van der Waals surface area (Å²) in [5, 5.41) is 5.79. The van der Waals surface area contributed by atoms with Gasteiger partial charge in [0.25, 0.3) is 0 Å². The van der Waals surface area contributed by atoms with Crippen LogP contribution in [0.3, 0.4) is 0 Å². The summed E-state index contributed by atoms with van der Waals surface area (Å²) in [6.45, 7) is 7.32. The maximum absolute atomic E-state index is 11.4. The lowest BCUT2D eigenvalue weighted by Gasteiger charge is -2.11. The topological polar surface area (TPSA) is 79.5 Å². The Kier molecular flexibility index (Phi) is 8.29. The van der Waals surface area contributed by atoms with Crippen LogP contribution in [0.5, 0.6) is 0 Å². The van der Waals surface area contributed by atoms with Crippen molar-refractivity contribution in [2.45, 2.75) is 46.1 Å². The average Bonchev–Trinajstić information content (AvgIpc) is 2.26. The molecule has 0 spiro atoms. The SMILES string of the molecule is CCCN=C(N)NCCC(=O)NC(C)CC.